The van der Waals surface area contributed by atoms with Crippen molar-refractivity contribution < 1.29 is 13.2 Å². The highest BCUT2D eigenvalue weighted by Gasteiger charge is 2.34. The maximum atomic E-state index is 13.5. The van der Waals surface area contributed by atoms with Crippen LogP contribution in [0.4, 0.5) is 5.95 Å². The van der Waals surface area contributed by atoms with Crippen molar-refractivity contribution in [3.05, 3.63) is 101 Å². The van der Waals surface area contributed by atoms with Crippen molar-refractivity contribution in [2.75, 3.05) is 4.72 Å². The van der Waals surface area contributed by atoms with Gasteiger partial charge in [-0.3, -0.25) is 0 Å². The fourth-order valence-corrected chi connectivity index (χ4v) is 6.43. The summed E-state index contributed by atoms with van der Waals surface area (Å²) in [7, 11) is -3.91. The van der Waals surface area contributed by atoms with E-state index in [0.717, 1.165) is 35.1 Å². The molecule has 2 aliphatic rings. The molecule has 1 N–H and O–H groups in total. The number of sulfonamides is 1. The fourth-order valence-electron chi connectivity index (χ4n) is 5.44. The van der Waals surface area contributed by atoms with E-state index in [1.54, 1.807) is 18.2 Å². The van der Waals surface area contributed by atoms with Crippen LogP contribution in [0.2, 0.25) is 0 Å². The Kier molecular flexibility index (Phi) is 5.57. The first-order valence-corrected chi connectivity index (χ1v) is 14.0. The molecular weight excluding hydrogens is 482 g/mol. The number of hydrogen-bond donors (Lipinski definition) is 1. The number of aromatic nitrogens is 2. The number of nitrogens with zero attached hydrogens (tertiary/aromatic N) is 2. The second-order valence-electron chi connectivity index (χ2n) is 10.8. The molecule has 1 aliphatic carbocycles. The molecule has 3 aromatic carbocycles. The first kappa shape index (κ1) is 23.7. The van der Waals surface area contributed by atoms with E-state index in [0.29, 0.717) is 11.6 Å². The third kappa shape index (κ3) is 4.37. The molecule has 6 bridgehead atoms. The second-order valence-corrected chi connectivity index (χ2v) is 12.5. The lowest BCUT2D eigenvalue weighted by Crippen LogP contribution is -2.26. The molecule has 188 valence electrons. The van der Waals surface area contributed by atoms with Crippen LogP contribution in [0.15, 0.2) is 83.8 Å². The average molecular weight is 512 g/mol. The minimum atomic E-state index is -3.91. The van der Waals surface area contributed by atoms with Crippen molar-refractivity contribution in [3.8, 4) is 17.1 Å². The summed E-state index contributed by atoms with van der Waals surface area (Å²) >= 11 is 0. The zero-order valence-electron chi connectivity index (χ0n) is 21.1. The summed E-state index contributed by atoms with van der Waals surface area (Å²) in [6.07, 6.45) is 1.31. The Hall–Kier alpha value is -3.71. The Bertz CT molecular complexity index is 1590. The van der Waals surface area contributed by atoms with Gasteiger partial charge in [0.05, 0.1) is 10.6 Å². The molecule has 7 heteroatoms. The van der Waals surface area contributed by atoms with Crippen molar-refractivity contribution in [2.45, 2.75) is 55.9 Å². The Balaban J connectivity index is 1.64. The minimum absolute atomic E-state index is 0.00604. The van der Waals surface area contributed by atoms with E-state index in [4.69, 9.17) is 14.7 Å². The van der Waals surface area contributed by atoms with Gasteiger partial charge >= 0.3 is 0 Å². The largest absolute Gasteiger partial charge is 0.469 e. The smallest absolute Gasteiger partial charge is 0.264 e. The van der Waals surface area contributed by atoms with Gasteiger partial charge in [0, 0.05) is 11.1 Å². The van der Waals surface area contributed by atoms with E-state index >= 15 is 0 Å². The molecule has 1 aliphatic heterocycles. The van der Waals surface area contributed by atoms with Gasteiger partial charge in [-0.1, -0.05) is 87.5 Å². The molecule has 0 amide bonds. The maximum Gasteiger partial charge on any atom is 0.264 e. The number of hydrogen-bond acceptors (Lipinski definition) is 5. The summed E-state index contributed by atoms with van der Waals surface area (Å²) in [4.78, 5) is 9.64. The van der Waals surface area contributed by atoms with Crippen LogP contribution in [0.25, 0.3) is 11.3 Å². The van der Waals surface area contributed by atoms with Gasteiger partial charge in [0.1, 0.15) is 6.10 Å². The number of anilines is 1. The van der Waals surface area contributed by atoms with Crippen LogP contribution in [0.1, 0.15) is 61.5 Å². The van der Waals surface area contributed by atoms with Gasteiger partial charge in [-0.15, -0.1) is 0 Å². The average Bonchev–Trinajstić information content (AvgIpc) is 2.87. The highest BCUT2D eigenvalue weighted by Crippen LogP contribution is 2.45. The molecule has 0 saturated carbocycles. The van der Waals surface area contributed by atoms with Crippen molar-refractivity contribution in [1.29, 1.82) is 0 Å². The summed E-state index contributed by atoms with van der Waals surface area (Å²) in [5.74, 6) is 0.514. The highest BCUT2D eigenvalue weighted by molar-refractivity contribution is 7.92. The van der Waals surface area contributed by atoms with Crippen LogP contribution in [0.5, 0.6) is 5.88 Å². The predicted molar refractivity (Wildman–Crippen MR) is 144 cm³/mol. The normalized spacial score (nSPS) is 19.9. The Morgan fingerprint density at radius 3 is 2.46 bits per heavy atom. The van der Waals surface area contributed by atoms with Crippen LogP contribution in [0, 0.1) is 0 Å². The van der Waals surface area contributed by atoms with E-state index in [2.05, 4.69) is 37.6 Å². The summed E-state index contributed by atoms with van der Waals surface area (Å²) in [5, 5.41) is 0. The van der Waals surface area contributed by atoms with E-state index in [-0.39, 0.29) is 28.3 Å². The summed E-state index contributed by atoms with van der Waals surface area (Å²) in [5.41, 5.74) is 5.34. The Labute approximate surface area is 217 Å². The summed E-state index contributed by atoms with van der Waals surface area (Å²) in [6, 6.07) is 25.3. The number of fused-ring (bicyclic) bond motifs is 9. The molecule has 0 fully saturated rings. The molecule has 2 unspecified atom stereocenters. The van der Waals surface area contributed by atoms with Gasteiger partial charge in [0.25, 0.3) is 10.0 Å². The molecule has 37 heavy (non-hydrogen) atoms. The zero-order chi connectivity index (χ0) is 25.8. The van der Waals surface area contributed by atoms with Crippen LogP contribution in [-0.2, 0) is 21.9 Å². The molecule has 4 aromatic rings. The Morgan fingerprint density at radius 1 is 0.919 bits per heavy atom. The van der Waals surface area contributed by atoms with Gasteiger partial charge in [0.15, 0.2) is 0 Å². The van der Waals surface area contributed by atoms with Gasteiger partial charge < -0.3 is 4.74 Å². The number of rotatable bonds is 1. The topological polar surface area (TPSA) is 81.2 Å². The second kappa shape index (κ2) is 8.70. The SMILES string of the molecule is CC(C)(C)c1c2nc(nc1-c1ccccc1)NS(=O)(=O)c1cccc(c1)C1Cc3ccccc3C(C1)O2. The number of benzene rings is 3. The maximum absolute atomic E-state index is 13.5. The summed E-state index contributed by atoms with van der Waals surface area (Å²) < 4.78 is 36.3. The molecule has 2 atom stereocenters. The van der Waals surface area contributed by atoms with E-state index in [1.165, 1.54) is 5.56 Å². The number of ether oxygens (including phenoxy) is 1. The zero-order valence-corrected chi connectivity index (χ0v) is 21.9. The Morgan fingerprint density at radius 2 is 1.68 bits per heavy atom. The molecule has 0 radical (unpaired) electrons. The lowest BCUT2D eigenvalue weighted by atomic mass is 9.78. The number of nitrogens with one attached hydrogen (secondary N) is 1. The van der Waals surface area contributed by atoms with Crippen molar-refractivity contribution >= 4 is 16.0 Å². The van der Waals surface area contributed by atoms with Gasteiger partial charge in [-0.25, -0.2) is 18.1 Å². The van der Waals surface area contributed by atoms with Crippen LogP contribution < -0.4 is 9.46 Å². The van der Waals surface area contributed by atoms with Crippen molar-refractivity contribution in [1.82, 2.24) is 9.97 Å². The van der Waals surface area contributed by atoms with Crippen LogP contribution >= 0.6 is 0 Å². The van der Waals surface area contributed by atoms with Crippen LogP contribution in [0.3, 0.4) is 0 Å². The standard InChI is InChI=1S/C30H29N3O3S/c1-30(2,3)26-27(19-10-5-4-6-11-19)31-29-32-28(26)36-25-18-22(16-21-12-7-8-15-24(21)25)20-13-9-14-23(17-20)37(34,35)33-29/h4-15,17,22,25H,16,18H2,1-3H3,(H,31,32,33). The molecule has 6 nitrogen and oxygen atoms in total. The highest BCUT2D eigenvalue weighted by atomic mass is 32.2. The lowest BCUT2D eigenvalue weighted by molar-refractivity contribution is 0.163. The van der Waals surface area contributed by atoms with Gasteiger partial charge in [-0.05, 0) is 53.0 Å². The third-order valence-corrected chi connectivity index (χ3v) is 8.49. The van der Waals surface area contributed by atoms with Crippen molar-refractivity contribution in [3.63, 3.8) is 0 Å². The quantitative estimate of drug-likeness (QED) is 0.320. The van der Waals surface area contributed by atoms with E-state index in [1.807, 2.05) is 48.5 Å². The van der Waals surface area contributed by atoms with Crippen molar-refractivity contribution in [2.24, 2.45) is 0 Å². The lowest BCUT2D eigenvalue weighted by Gasteiger charge is -2.34. The molecular formula is C30H29N3O3S. The molecule has 0 spiro atoms. The van der Waals surface area contributed by atoms with Gasteiger partial charge in [-0.2, -0.15) is 4.98 Å². The molecule has 2 heterocycles. The monoisotopic (exact) mass is 511 g/mol. The predicted octanol–water partition coefficient (Wildman–Crippen LogP) is 6.41. The van der Waals surface area contributed by atoms with Crippen LogP contribution in [-0.4, -0.2) is 18.4 Å². The third-order valence-electron chi connectivity index (χ3n) is 7.16. The van der Waals surface area contributed by atoms with E-state index in [9.17, 15) is 8.42 Å². The molecule has 0 saturated heterocycles. The first-order valence-electron chi connectivity index (χ1n) is 12.5. The van der Waals surface area contributed by atoms with E-state index < -0.39 is 10.0 Å². The molecule has 1 aromatic heterocycles. The molecule has 6 rings (SSSR count). The fraction of sp³-hybridized carbons (Fsp3) is 0.267. The van der Waals surface area contributed by atoms with Gasteiger partial charge in [0.2, 0.25) is 11.8 Å². The summed E-state index contributed by atoms with van der Waals surface area (Å²) in [6.45, 7) is 6.29. The minimum Gasteiger partial charge on any atom is -0.469 e. The first-order chi connectivity index (χ1) is 17.7.